The van der Waals surface area contributed by atoms with Gasteiger partial charge in [0.25, 0.3) is 0 Å². The van der Waals surface area contributed by atoms with Crippen LogP contribution >= 0.6 is 0 Å². The van der Waals surface area contributed by atoms with Gasteiger partial charge in [0.15, 0.2) is 0 Å². The van der Waals surface area contributed by atoms with Gasteiger partial charge in [0, 0.05) is 37.9 Å². The Hall–Kier alpha value is -1.39. The lowest BCUT2D eigenvalue weighted by Crippen LogP contribution is -2.16. The van der Waals surface area contributed by atoms with Crippen LogP contribution < -0.4 is 10.6 Å². The van der Waals surface area contributed by atoms with E-state index in [0.29, 0.717) is 25.7 Å². The Balaban J connectivity index is 1.73. The number of benzene rings is 1. The van der Waals surface area contributed by atoms with E-state index in [9.17, 15) is 4.79 Å². The minimum Gasteiger partial charge on any atom is -0.382 e. The first-order valence-electron chi connectivity index (χ1n) is 7.48. The van der Waals surface area contributed by atoms with Gasteiger partial charge in [-0.1, -0.05) is 12.1 Å². The van der Waals surface area contributed by atoms with E-state index < -0.39 is 0 Å². The fourth-order valence-electron chi connectivity index (χ4n) is 2.01. The molecule has 4 heteroatoms. The van der Waals surface area contributed by atoms with E-state index in [1.165, 1.54) is 18.4 Å². The van der Waals surface area contributed by atoms with Gasteiger partial charge in [0.2, 0.25) is 5.91 Å². The molecule has 0 spiro atoms. The Morgan fingerprint density at radius 1 is 1.40 bits per heavy atom. The van der Waals surface area contributed by atoms with Gasteiger partial charge >= 0.3 is 0 Å². The van der Waals surface area contributed by atoms with Crippen molar-refractivity contribution < 1.29 is 9.53 Å². The molecule has 0 unspecified atom stereocenters. The van der Waals surface area contributed by atoms with E-state index in [0.717, 1.165) is 18.7 Å². The Morgan fingerprint density at radius 2 is 2.25 bits per heavy atom. The number of hydrogen-bond donors (Lipinski definition) is 2. The third-order valence-corrected chi connectivity index (χ3v) is 3.28. The van der Waals surface area contributed by atoms with E-state index in [1.807, 2.05) is 25.1 Å². The molecule has 0 atom stereocenters. The van der Waals surface area contributed by atoms with Gasteiger partial charge in [0.1, 0.15) is 0 Å². The molecule has 0 radical (unpaired) electrons. The van der Waals surface area contributed by atoms with E-state index in [1.54, 1.807) is 0 Å². The molecule has 110 valence electrons. The van der Waals surface area contributed by atoms with E-state index >= 15 is 0 Å². The SMILES string of the molecule is CCOCCCC(=O)Nc1cccc(CNC2CC2)c1. The van der Waals surface area contributed by atoms with E-state index in [4.69, 9.17) is 4.74 Å². The second-order valence-electron chi connectivity index (χ2n) is 5.20. The van der Waals surface area contributed by atoms with Crippen LogP contribution in [0.5, 0.6) is 0 Å². The number of carbonyl (C=O) groups excluding carboxylic acids is 1. The summed E-state index contributed by atoms with van der Waals surface area (Å²) in [6.45, 7) is 4.19. The van der Waals surface area contributed by atoms with Crippen LogP contribution in [0, 0.1) is 0 Å². The molecule has 1 aliphatic carbocycles. The Labute approximate surface area is 120 Å². The first kappa shape index (κ1) is 15.0. The van der Waals surface area contributed by atoms with Crippen molar-refractivity contribution in [3.63, 3.8) is 0 Å². The van der Waals surface area contributed by atoms with Gasteiger partial charge in [-0.3, -0.25) is 4.79 Å². The lowest BCUT2D eigenvalue weighted by Gasteiger charge is -2.08. The fraction of sp³-hybridized carbons (Fsp3) is 0.562. The van der Waals surface area contributed by atoms with Gasteiger partial charge in [-0.25, -0.2) is 0 Å². The molecule has 1 aliphatic rings. The smallest absolute Gasteiger partial charge is 0.224 e. The Kier molecular flexibility index (Phi) is 6.02. The van der Waals surface area contributed by atoms with Crippen molar-refractivity contribution >= 4 is 11.6 Å². The Morgan fingerprint density at radius 3 is 3.00 bits per heavy atom. The zero-order valence-corrected chi connectivity index (χ0v) is 12.2. The summed E-state index contributed by atoms with van der Waals surface area (Å²) in [6, 6.07) is 8.74. The molecule has 0 saturated heterocycles. The lowest BCUT2D eigenvalue weighted by molar-refractivity contribution is -0.116. The van der Waals surface area contributed by atoms with Crippen molar-refractivity contribution in [2.45, 2.75) is 45.2 Å². The standard InChI is InChI=1S/C16H24N2O2/c1-2-20-10-4-7-16(19)18-15-6-3-5-13(11-15)12-17-14-8-9-14/h3,5-6,11,14,17H,2,4,7-10,12H2,1H3,(H,18,19). The van der Waals surface area contributed by atoms with Gasteiger partial charge in [-0.05, 0) is 43.9 Å². The predicted molar refractivity (Wildman–Crippen MR) is 80.7 cm³/mol. The largest absolute Gasteiger partial charge is 0.382 e. The number of anilines is 1. The highest BCUT2D eigenvalue weighted by Crippen LogP contribution is 2.20. The maximum absolute atomic E-state index is 11.8. The number of hydrogen-bond acceptors (Lipinski definition) is 3. The fourth-order valence-corrected chi connectivity index (χ4v) is 2.01. The quantitative estimate of drug-likeness (QED) is 0.682. The molecule has 1 aromatic carbocycles. The topological polar surface area (TPSA) is 50.4 Å². The van der Waals surface area contributed by atoms with E-state index in [2.05, 4.69) is 16.7 Å². The van der Waals surface area contributed by atoms with Crippen LogP contribution in [0.15, 0.2) is 24.3 Å². The van der Waals surface area contributed by atoms with Crippen LogP contribution in [0.1, 0.15) is 38.2 Å². The summed E-state index contributed by atoms with van der Waals surface area (Å²) >= 11 is 0. The molecule has 20 heavy (non-hydrogen) atoms. The van der Waals surface area contributed by atoms with E-state index in [-0.39, 0.29) is 5.91 Å². The molecular weight excluding hydrogens is 252 g/mol. The molecule has 0 aromatic heterocycles. The van der Waals surface area contributed by atoms with Gasteiger partial charge in [-0.2, -0.15) is 0 Å². The van der Waals surface area contributed by atoms with Crippen LogP contribution in [0.3, 0.4) is 0 Å². The Bertz CT molecular complexity index is 430. The average molecular weight is 276 g/mol. The zero-order chi connectivity index (χ0) is 14.2. The normalized spacial score (nSPS) is 14.2. The third kappa shape index (κ3) is 5.72. The molecule has 2 N–H and O–H groups in total. The second-order valence-corrected chi connectivity index (χ2v) is 5.20. The van der Waals surface area contributed by atoms with Crippen molar-refractivity contribution in [1.29, 1.82) is 0 Å². The number of ether oxygens (including phenoxy) is 1. The summed E-state index contributed by atoms with van der Waals surface area (Å²) in [6.07, 6.45) is 3.85. The zero-order valence-electron chi connectivity index (χ0n) is 12.2. The van der Waals surface area contributed by atoms with Crippen molar-refractivity contribution in [2.24, 2.45) is 0 Å². The third-order valence-electron chi connectivity index (χ3n) is 3.28. The van der Waals surface area contributed by atoms with Crippen molar-refractivity contribution in [1.82, 2.24) is 5.32 Å². The maximum Gasteiger partial charge on any atom is 0.224 e. The minimum atomic E-state index is 0.0528. The van der Waals surface area contributed by atoms with Crippen LogP contribution in [0.4, 0.5) is 5.69 Å². The second kappa shape index (κ2) is 8.02. The lowest BCUT2D eigenvalue weighted by atomic mass is 10.2. The minimum absolute atomic E-state index is 0.0528. The molecule has 2 rings (SSSR count). The maximum atomic E-state index is 11.8. The van der Waals surface area contributed by atoms with Crippen molar-refractivity contribution in [3.8, 4) is 0 Å². The van der Waals surface area contributed by atoms with Crippen LogP contribution in [0.25, 0.3) is 0 Å². The van der Waals surface area contributed by atoms with Gasteiger partial charge < -0.3 is 15.4 Å². The molecule has 1 amide bonds. The number of nitrogens with one attached hydrogen (secondary N) is 2. The van der Waals surface area contributed by atoms with Crippen molar-refractivity contribution in [3.05, 3.63) is 29.8 Å². The first-order valence-corrected chi connectivity index (χ1v) is 7.48. The van der Waals surface area contributed by atoms with Gasteiger partial charge in [-0.15, -0.1) is 0 Å². The summed E-state index contributed by atoms with van der Waals surface area (Å²) in [4.78, 5) is 11.8. The molecule has 1 aromatic rings. The van der Waals surface area contributed by atoms with Crippen LogP contribution in [0.2, 0.25) is 0 Å². The highest BCUT2D eigenvalue weighted by Gasteiger charge is 2.19. The van der Waals surface area contributed by atoms with Crippen LogP contribution in [-0.4, -0.2) is 25.2 Å². The van der Waals surface area contributed by atoms with Crippen LogP contribution in [-0.2, 0) is 16.1 Å². The molecule has 0 heterocycles. The summed E-state index contributed by atoms with van der Waals surface area (Å²) in [7, 11) is 0. The monoisotopic (exact) mass is 276 g/mol. The molecular formula is C16H24N2O2. The molecule has 4 nitrogen and oxygen atoms in total. The summed E-state index contributed by atoms with van der Waals surface area (Å²) in [5, 5.41) is 6.41. The molecule has 0 bridgehead atoms. The highest BCUT2D eigenvalue weighted by atomic mass is 16.5. The average Bonchev–Trinajstić information content (AvgIpc) is 3.26. The number of rotatable bonds is 9. The van der Waals surface area contributed by atoms with Gasteiger partial charge in [0.05, 0.1) is 0 Å². The summed E-state index contributed by atoms with van der Waals surface area (Å²) in [5.74, 6) is 0.0528. The summed E-state index contributed by atoms with van der Waals surface area (Å²) < 4.78 is 5.23. The first-order chi connectivity index (χ1) is 9.78. The molecule has 1 fully saturated rings. The summed E-state index contributed by atoms with van der Waals surface area (Å²) in [5.41, 5.74) is 2.09. The molecule has 1 saturated carbocycles. The highest BCUT2D eigenvalue weighted by molar-refractivity contribution is 5.90. The number of carbonyl (C=O) groups is 1. The number of amides is 1. The molecule has 0 aliphatic heterocycles. The van der Waals surface area contributed by atoms with Crippen molar-refractivity contribution in [2.75, 3.05) is 18.5 Å². The predicted octanol–water partition coefficient (Wildman–Crippen LogP) is 2.69.